The molecule has 114 valence electrons. The van der Waals surface area contributed by atoms with Crippen molar-refractivity contribution in [1.82, 2.24) is 4.90 Å². The van der Waals surface area contributed by atoms with E-state index in [9.17, 15) is 9.18 Å². The van der Waals surface area contributed by atoms with E-state index in [1.54, 1.807) is 13.2 Å². The lowest BCUT2D eigenvalue weighted by Crippen LogP contribution is -2.29. The van der Waals surface area contributed by atoms with Gasteiger partial charge in [-0.1, -0.05) is 6.07 Å². The molecule has 0 unspecified atom stereocenters. The third-order valence-electron chi connectivity index (χ3n) is 3.03. The molecule has 0 heterocycles. The van der Waals surface area contributed by atoms with E-state index in [-0.39, 0.29) is 18.0 Å². The largest absolute Gasteiger partial charge is 0.469 e. The number of carbonyl (C=O) groups excluding carboxylic acids is 1. The Morgan fingerprint density at radius 3 is 2.76 bits per heavy atom. The first kappa shape index (κ1) is 17.1. The fourth-order valence-corrected chi connectivity index (χ4v) is 1.86. The minimum Gasteiger partial charge on any atom is -0.469 e. The summed E-state index contributed by atoms with van der Waals surface area (Å²) in [7, 11) is 2.95. The van der Waals surface area contributed by atoms with Gasteiger partial charge in [-0.25, -0.2) is 4.39 Å². The van der Waals surface area contributed by atoms with Crippen LogP contribution in [0.25, 0.3) is 0 Å². The lowest BCUT2D eigenvalue weighted by Gasteiger charge is -2.21. The van der Waals surface area contributed by atoms with Crippen molar-refractivity contribution >= 4 is 5.97 Å². The van der Waals surface area contributed by atoms with E-state index in [1.165, 1.54) is 19.2 Å². The van der Waals surface area contributed by atoms with Crippen LogP contribution >= 0.6 is 0 Å². The molecule has 0 bridgehead atoms. The van der Waals surface area contributed by atoms with Crippen molar-refractivity contribution in [3.05, 3.63) is 35.1 Å². The number of methoxy groups -OCH3 is 2. The molecule has 6 heteroatoms. The fourth-order valence-electron chi connectivity index (χ4n) is 1.86. The molecule has 0 spiro atoms. The summed E-state index contributed by atoms with van der Waals surface area (Å²) in [5.41, 5.74) is 0.834. The molecule has 0 aliphatic carbocycles. The van der Waals surface area contributed by atoms with E-state index >= 15 is 0 Å². The van der Waals surface area contributed by atoms with Gasteiger partial charge in [0.05, 0.1) is 25.7 Å². The average Bonchev–Trinajstić information content (AvgIpc) is 2.51. The number of benzene rings is 1. The minimum atomic E-state index is -0.528. The Hall–Kier alpha value is -1.97. The van der Waals surface area contributed by atoms with Crippen molar-refractivity contribution in [2.45, 2.75) is 13.0 Å². The molecule has 0 N–H and O–H groups in total. The molecule has 5 nitrogen and oxygen atoms in total. The summed E-state index contributed by atoms with van der Waals surface area (Å²) >= 11 is 0. The van der Waals surface area contributed by atoms with Gasteiger partial charge in [0, 0.05) is 26.7 Å². The van der Waals surface area contributed by atoms with Crippen LogP contribution in [0.5, 0.6) is 0 Å². The highest BCUT2D eigenvalue weighted by Crippen LogP contribution is 2.12. The summed E-state index contributed by atoms with van der Waals surface area (Å²) in [5, 5.41) is 8.84. The second-order valence-corrected chi connectivity index (χ2v) is 4.52. The van der Waals surface area contributed by atoms with Gasteiger partial charge in [-0.2, -0.15) is 5.26 Å². The molecule has 0 aliphatic rings. The Bertz CT molecular complexity index is 514. The molecule has 0 amide bonds. The summed E-state index contributed by atoms with van der Waals surface area (Å²) in [5.74, 6) is -0.812. The first-order chi connectivity index (χ1) is 10.1. The first-order valence-electron chi connectivity index (χ1n) is 6.57. The highest BCUT2D eigenvalue weighted by atomic mass is 19.1. The standard InChI is InChI=1S/C15H19FN2O3/c1-20-8-7-18(6-5-15(19)21-2)11-12-3-4-14(16)13(9-12)10-17/h3-4,9H,5-8,11H2,1-2H3. The highest BCUT2D eigenvalue weighted by molar-refractivity contribution is 5.69. The first-order valence-corrected chi connectivity index (χ1v) is 6.57. The summed E-state index contributed by atoms with van der Waals surface area (Å²) in [4.78, 5) is 13.2. The number of hydrogen-bond donors (Lipinski definition) is 0. The maximum absolute atomic E-state index is 13.3. The summed E-state index contributed by atoms with van der Waals surface area (Å²) < 4.78 is 22.9. The number of ether oxygens (including phenoxy) is 2. The lowest BCUT2D eigenvalue weighted by atomic mass is 10.1. The second-order valence-electron chi connectivity index (χ2n) is 4.52. The van der Waals surface area contributed by atoms with Crippen molar-refractivity contribution in [1.29, 1.82) is 5.26 Å². The number of rotatable bonds is 8. The topological polar surface area (TPSA) is 62.6 Å². The van der Waals surface area contributed by atoms with Crippen LogP contribution in [0.2, 0.25) is 0 Å². The number of nitriles is 1. The van der Waals surface area contributed by atoms with Crippen LogP contribution in [0.15, 0.2) is 18.2 Å². The Morgan fingerprint density at radius 2 is 2.14 bits per heavy atom. The number of halogens is 1. The summed E-state index contributed by atoms with van der Waals surface area (Å²) in [6, 6.07) is 6.25. The van der Waals surface area contributed by atoms with Crippen LogP contribution < -0.4 is 0 Å². The van der Waals surface area contributed by atoms with Gasteiger partial charge in [-0.3, -0.25) is 9.69 Å². The predicted octanol–water partition coefficient (Wildman–Crippen LogP) is 1.71. The van der Waals surface area contributed by atoms with Crippen LogP contribution in [-0.4, -0.2) is 44.8 Å². The molecule has 0 radical (unpaired) electrons. The van der Waals surface area contributed by atoms with Gasteiger partial charge in [0.2, 0.25) is 0 Å². The van der Waals surface area contributed by atoms with Gasteiger partial charge in [-0.15, -0.1) is 0 Å². The van der Waals surface area contributed by atoms with Crippen LogP contribution in [0, 0.1) is 17.1 Å². The Morgan fingerprint density at radius 1 is 1.38 bits per heavy atom. The lowest BCUT2D eigenvalue weighted by molar-refractivity contribution is -0.141. The Labute approximate surface area is 123 Å². The van der Waals surface area contributed by atoms with E-state index in [4.69, 9.17) is 10.00 Å². The average molecular weight is 294 g/mol. The van der Waals surface area contributed by atoms with Crippen LogP contribution in [0.4, 0.5) is 4.39 Å². The summed E-state index contributed by atoms with van der Waals surface area (Å²) in [6.07, 6.45) is 0.270. The van der Waals surface area contributed by atoms with Crippen LogP contribution in [0.3, 0.4) is 0 Å². The molecule has 1 rings (SSSR count). The van der Waals surface area contributed by atoms with Crippen LogP contribution in [0.1, 0.15) is 17.5 Å². The molecule has 0 aromatic heterocycles. The normalized spacial score (nSPS) is 10.4. The van der Waals surface area contributed by atoms with Gasteiger partial charge in [-0.05, 0) is 17.7 Å². The van der Waals surface area contributed by atoms with Gasteiger partial charge in [0.25, 0.3) is 0 Å². The smallest absolute Gasteiger partial charge is 0.306 e. The monoisotopic (exact) mass is 294 g/mol. The zero-order valence-electron chi connectivity index (χ0n) is 12.3. The molecule has 1 aromatic carbocycles. The van der Waals surface area contributed by atoms with E-state index in [0.29, 0.717) is 26.2 Å². The Balaban J connectivity index is 2.71. The van der Waals surface area contributed by atoms with Crippen LogP contribution in [-0.2, 0) is 20.8 Å². The van der Waals surface area contributed by atoms with Crippen molar-refractivity contribution in [2.24, 2.45) is 0 Å². The second kappa shape index (κ2) is 9.06. The molecule has 21 heavy (non-hydrogen) atoms. The zero-order valence-corrected chi connectivity index (χ0v) is 12.3. The molecule has 0 saturated carbocycles. The van der Waals surface area contributed by atoms with Gasteiger partial charge < -0.3 is 9.47 Å². The molecule has 0 fully saturated rings. The van der Waals surface area contributed by atoms with Crippen molar-refractivity contribution < 1.29 is 18.7 Å². The molecule has 1 aromatic rings. The van der Waals surface area contributed by atoms with E-state index in [1.807, 2.05) is 11.0 Å². The van der Waals surface area contributed by atoms with E-state index in [0.717, 1.165) is 5.56 Å². The predicted molar refractivity (Wildman–Crippen MR) is 74.9 cm³/mol. The molecular weight excluding hydrogens is 275 g/mol. The number of hydrogen-bond acceptors (Lipinski definition) is 5. The third kappa shape index (κ3) is 5.90. The Kier molecular flexibility index (Phi) is 7.37. The minimum absolute atomic E-state index is 0.0205. The van der Waals surface area contributed by atoms with Gasteiger partial charge >= 0.3 is 5.97 Å². The molecule has 0 atom stereocenters. The van der Waals surface area contributed by atoms with Crippen molar-refractivity contribution in [2.75, 3.05) is 33.9 Å². The van der Waals surface area contributed by atoms with Crippen molar-refractivity contribution in [3.8, 4) is 6.07 Å². The number of carbonyl (C=O) groups is 1. The quantitative estimate of drug-likeness (QED) is 0.683. The molecule has 0 aliphatic heterocycles. The van der Waals surface area contributed by atoms with E-state index in [2.05, 4.69) is 4.74 Å². The maximum atomic E-state index is 13.3. The SMILES string of the molecule is COCCN(CCC(=O)OC)Cc1ccc(F)c(C#N)c1. The maximum Gasteiger partial charge on any atom is 0.306 e. The number of esters is 1. The summed E-state index contributed by atoms with van der Waals surface area (Å²) in [6.45, 7) is 2.17. The highest BCUT2D eigenvalue weighted by Gasteiger charge is 2.11. The van der Waals surface area contributed by atoms with Gasteiger partial charge in [0.1, 0.15) is 11.9 Å². The molecule has 0 saturated heterocycles. The fraction of sp³-hybridized carbons (Fsp3) is 0.467. The zero-order chi connectivity index (χ0) is 15.7. The third-order valence-corrected chi connectivity index (χ3v) is 3.03. The van der Waals surface area contributed by atoms with Gasteiger partial charge in [0.15, 0.2) is 0 Å². The molecular formula is C15H19FN2O3. The van der Waals surface area contributed by atoms with E-state index < -0.39 is 5.82 Å². The number of nitrogens with zero attached hydrogens (tertiary/aromatic N) is 2. The van der Waals surface area contributed by atoms with Crippen molar-refractivity contribution in [3.63, 3.8) is 0 Å².